The SMILES string of the molecule is C=S1(=O)NC(=O)c2ccc3c(c2)N(C[C@@H]2CC[C@H]2[C@@](O)(CC[S@](C)=O)CCC[C@H](C)[C@H]1C)C[C@@]1(CCCc2cc(Cl)ccc21)CO3. The van der Waals surface area contributed by atoms with Crippen molar-refractivity contribution in [2.24, 2.45) is 17.8 Å². The number of nitrogens with one attached hydrogen (secondary N) is 1. The van der Waals surface area contributed by atoms with E-state index in [9.17, 15) is 18.3 Å². The first-order chi connectivity index (χ1) is 21.8. The lowest BCUT2D eigenvalue weighted by Gasteiger charge is -2.50. The summed E-state index contributed by atoms with van der Waals surface area (Å²) in [5.41, 5.74) is 2.62. The molecule has 2 bridgehead atoms. The van der Waals surface area contributed by atoms with Crippen LogP contribution in [0.15, 0.2) is 36.4 Å². The molecule has 7 nitrogen and oxygen atoms in total. The van der Waals surface area contributed by atoms with Crippen LogP contribution in [0.1, 0.15) is 86.7 Å². The fourth-order valence-electron chi connectivity index (χ4n) is 8.50. The third kappa shape index (κ3) is 6.63. The minimum atomic E-state index is -2.95. The molecule has 2 aromatic rings. The Bertz CT molecular complexity index is 1620. The van der Waals surface area contributed by atoms with E-state index < -0.39 is 32.0 Å². The Labute approximate surface area is 282 Å². The molecule has 0 saturated heterocycles. The topological polar surface area (TPSA) is 95.9 Å². The van der Waals surface area contributed by atoms with Gasteiger partial charge in [-0.2, -0.15) is 0 Å². The summed E-state index contributed by atoms with van der Waals surface area (Å²) in [5, 5.41) is 12.7. The molecular formula is C36H49ClN2O5S2. The number of anilines is 1. The molecule has 1 saturated carbocycles. The van der Waals surface area contributed by atoms with Crippen LogP contribution in [0, 0.1) is 17.8 Å². The number of hydrogen-bond donors (Lipinski definition) is 2. The van der Waals surface area contributed by atoms with E-state index in [1.54, 1.807) is 12.3 Å². The van der Waals surface area contributed by atoms with Crippen molar-refractivity contribution >= 4 is 49.6 Å². The maximum atomic E-state index is 13.8. The van der Waals surface area contributed by atoms with Crippen molar-refractivity contribution in [2.75, 3.05) is 36.6 Å². The van der Waals surface area contributed by atoms with Crippen LogP contribution in [0.3, 0.4) is 0 Å². The maximum Gasteiger partial charge on any atom is 0.262 e. The van der Waals surface area contributed by atoms with E-state index in [-0.39, 0.29) is 28.4 Å². The largest absolute Gasteiger partial charge is 0.490 e. The predicted molar refractivity (Wildman–Crippen MR) is 190 cm³/mol. The van der Waals surface area contributed by atoms with Gasteiger partial charge in [-0.1, -0.05) is 31.0 Å². The zero-order valence-corrected chi connectivity index (χ0v) is 29.8. The highest BCUT2D eigenvalue weighted by molar-refractivity contribution is 7.99. The third-order valence-electron chi connectivity index (χ3n) is 11.6. The highest BCUT2D eigenvalue weighted by Gasteiger charge is 2.48. The molecule has 0 aromatic heterocycles. The minimum Gasteiger partial charge on any atom is -0.490 e. The van der Waals surface area contributed by atoms with Crippen molar-refractivity contribution in [1.29, 1.82) is 0 Å². The summed E-state index contributed by atoms with van der Waals surface area (Å²) in [7, 11) is -3.95. The van der Waals surface area contributed by atoms with Crippen molar-refractivity contribution in [1.82, 2.24) is 4.72 Å². The zero-order chi connectivity index (χ0) is 32.9. The van der Waals surface area contributed by atoms with E-state index in [2.05, 4.69) is 27.6 Å². The van der Waals surface area contributed by atoms with Crippen LogP contribution in [0.4, 0.5) is 5.69 Å². The van der Waals surface area contributed by atoms with Crippen molar-refractivity contribution in [3.05, 3.63) is 58.1 Å². The first kappa shape index (κ1) is 33.8. The number of carbonyl (C=O) groups is 1. The van der Waals surface area contributed by atoms with Crippen molar-refractivity contribution in [3.63, 3.8) is 0 Å². The Morgan fingerprint density at radius 3 is 2.70 bits per heavy atom. The Hall–Kier alpha value is -2.07. The highest BCUT2D eigenvalue weighted by atomic mass is 35.5. The van der Waals surface area contributed by atoms with E-state index in [4.69, 9.17) is 16.3 Å². The molecular weight excluding hydrogens is 640 g/mol. The minimum absolute atomic E-state index is 0.0281. The van der Waals surface area contributed by atoms with Gasteiger partial charge in [-0.15, -0.1) is 0 Å². The Morgan fingerprint density at radius 2 is 1.96 bits per heavy atom. The van der Waals surface area contributed by atoms with Gasteiger partial charge in [0, 0.05) is 57.1 Å². The van der Waals surface area contributed by atoms with Crippen molar-refractivity contribution in [2.45, 2.75) is 87.9 Å². The lowest BCUT2D eigenvalue weighted by molar-refractivity contribution is -0.0902. The quantitative estimate of drug-likeness (QED) is 0.390. The van der Waals surface area contributed by atoms with Crippen LogP contribution in [0.2, 0.25) is 5.02 Å². The van der Waals surface area contributed by atoms with E-state index in [0.717, 1.165) is 61.4 Å². The number of nitrogens with zero attached hydrogens (tertiary/aromatic N) is 1. The summed E-state index contributed by atoms with van der Waals surface area (Å²) < 4.78 is 35.4. The highest BCUT2D eigenvalue weighted by Crippen LogP contribution is 2.49. The van der Waals surface area contributed by atoms with Crippen LogP contribution in [-0.4, -0.2) is 67.9 Å². The Kier molecular flexibility index (Phi) is 9.62. The van der Waals surface area contributed by atoms with Gasteiger partial charge in [0.25, 0.3) is 5.91 Å². The number of aryl methyl sites for hydroxylation is 1. The number of ether oxygens (including phenoxy) is 1. The molecule has 10 heteroatoms. The molecule has 0 radical (unpaired) electrons. The summed E-state index contributed by atoms with van der Waals surface area (Å²) in [4.78, 5) is 16.0. The first-order valence-corrected chi connectivity index (χ1v) is 20.7. The molecule has 4 aliphatic rings. The van der Waals surface area contributed by atoms with Gasteiger partial charge in [0.15, 0.2) is 0 Å². The average Bonchev–Trinajstić information content (AvgIpc) is 3.14. The average molecular weight is 689 g/mol. The lowest BCUT2D eigenvalue weighted by Crippen LogP contribution is -2.53. The summed E-state index contributed by atoms with van der Waals surface area (Å²) in [6, 6.07) is 11.7. The predicted octanol–water partition coefficient (Wildman–Crippen LogP) is 5.91. The second-order valence-corrected chi connectivity index (χ2v) is 19.0. The van der Waals surface area contributed by atoms with Gasteiger partial charge in [-0.05, 0) is 123 Å². The van der Waals surface area contributed by atoms with E-state index >= 15 is 0 Å². The van der Waals surface area contributed by atoms with Gasteiger partial charge >= 0.3 is 0 Å². The molecule has 6 rings (SSSR count). The Balaban J connectivity index is 1.43. The third-order valence-corrected chi connectivity index (χ3v) is 14.8. The summed E-state index contributed by atoms with van der Waals surface area (Å²) in [6.07, 6.45) is 9.25. The smallest absolute Gasteiger partial charge is 0.262 e. The van der Waals surface area contributed by atoms with Crippen LogP contribution >= 0.6 is 11.6 Å². The molecule has 252 valence electrons. The molecule has 2 aliphatic heterocycles. The van der Waals surface area contributed by atoms with E-state index in [1.165, 1.54) is 11.1 Å². The maximum absolute atomic E-state index is 13.8. The number of fused-ring (bicyclic) bond motifs is 4. The summed E-state index contributed by atoms with van der Waals surface area (Å²) in [6.45, 7) is 5.87. The number of rotatable bonds is 3. The van der Waals surface area contributed by atoms with Gasteiger partial charge in [-0.25, -0.2) is 4.21 Å². The molecule has 1 fully saturated rings. The number of halogens is 1. The number of aliphatic hydroxyl groups is 1. The van der Waals surface area contributed by atoms with Crippen molar-refractivity contribution < 1.29 is 23.1 Å². The van der Waals surface area contributed by atoms with Crippen LogP contribution in [0.5, 0.6) is 5.75 Å². The van der Waals surface area contributed by atoms with Gasteiger partial charge in [-0.3, -0.25) is 13.7 Å². The van der Waals surface area contributed by atoms with E-state index in [0.29, 0.717) is 43.9 Å². The number of amides is 1. The second kappa shape index (κ2) is 13.1. The molecule has 2 aromatic carbocycles. The van der Waals surface area contributed by atoms with Crippen molar-refractivity contribution in [3.8, 4) is 5.75 Å². The van der Waals surface area contributed by atoms with Gasteiger partial charge in [0.05, 0.1) is 27.6 Å². The molecule has 1 spiro atoms. The van der Waals surface area contributed by atoms with Gasteiger partial charge in [0.1, 0.15) is 5.75 Å². The van der Waals surface area contributed by atoms with Gasteiger partial charge < -0.3 is 14.7 Å². The first-order valence-electron chi connectivity index (χ1n) is 16.8. The standard InChI is InChI=1S/C36H49ClN2O5S2/c1-24-7-5-16-36(41,17-18-45(3)42)31-12-9-28(31)21-39-22-35(15-6-8-26-19-29(37)11-13-30(26)35)23-44-33-14-10-27(20-32(33)39)34(40)38-46(4,43)25(24)2/h10-11,13-14,19-20,24-25,28,31,41H,4-9,12,15-18,21-23H2,1-3H3,(H,38,40,43)/t24-,25+,28-,31+,35-,36-,45-,46?/m0/s1. The molecule has 8 atom stereocenters. The molecule has 2 N–H and O–H groups in total. The molecule has 1 amide bonds. The normalized spacial score (nSPS) is 35.5. The van der Waals surface area contributed by atoms with Crippen LogP contribution < -0.4 is 14.4 Å². The van der Waals surface area contributed by atoms with E-state index in [1.807, 2.05) is 32.0 Å². The molecule has 1 unspecified atom stereocenters. The van der Waals surface area contributed by atoms with Gasteiger partial charge in [0.2, 0.25) is 0 Å². The summed E-state index contributed by atoms with van der Waals surface area (Å²) in [5.74, 6) is 5.14. The number of hydrogen-bond acceptors (Lipinski definition) is 6. The molecule has 2 aliphatic carbocycles. The number of benzene rings is 2. The molecule has 46 heavy (non-hydrogen) atoms. The molecule has 2 heterocycles. The zero-order valence-electron chi connectivity index (χ0n) is 27.4. The lowest BCUT2D eigenvalue weighted by atomic mass is 9.62. The Morgan fingerprint density at radius 1 is 1.15 bits per heavy atom. The fourth-order valence-corrected chi connectivity index (χ4v) is 10.8. The van der Waals surface area contributed by atoms with Crippen LogP contribution in [-0.2, 0) is 32.3 Å². The fraction of sp³-hybridized carbons (Fsp3) is 0.611. The number of carbonyl (C=O) groups excluding carboxylic acids is 1. The summed E-state index contributed by atoms with van der Waals surface area (Å²) >= 11 is 6.44. The monoisotopic (exact) mass is 688 g/mol. The second-order valence-electron chi connectivity index (χ2n) is 14.6. The van der Waals surface area contributed by atoms with Crippen LogP contribution in [0.25, 0.3) is 0 Å².